The number of guanidine groups is 1. The van der Waals surface area contributed by atoms with Gasteiger partial charge in [-0.3, -0.25) is 0 Å². The van der Waals surface area contributed by atoms with Gasteiger partial charge in [0.05, 0.1) is 18.2 Å². The molecule has 5 heteroatoms. The third-order valence-electron chi connectivity index (χ3n) is 2.29. The summed E-state index contributed by atoms with van der Waals surface area (Å²) in [5.74, 6) is 0.359. The van der Waals surface area contributed by atoms with Crippen LogP contribution in [0.2, 0.25) is 0 Å². The van der Waals surface area contributed by atoms with E-state index in [-0.39, 0.29) is 18.3 Å². The third kappa shape index (κ3) is 4.42. The SMILES string of the molecule is CC(C)CNC(N)=NCc1cc(C#N)ccc1F. The van der Waals surface area contributed by atoms with Gasteiger partial charge in [-0.15, -0.1) is 0 Å². The van der Waals surface area contributed by atoms with Crippen molar-refractivity contribution >= 4 is 5.96 Å². The van der Waals surface area contributed by atoms with Crippen molar-refractivity contribution in [1.29, 1.82) is 5.26 Å². The van der Waals surface area contributed by atoms with Gasteiger partial charge in [-0.2, -0.15) is 5.26 Å². The highest BCUT2D eigenvalue weighted by Crippen LogP contribution is 2.11. The summed E-state index contributed by atoms with van der Waals surface area (Å²) in [4.78, 5) is 4.04. The summed E-state index contributed by atoms with van der Waals surface area (Å²) < 4.78 is 13.4. The Morgan fingerprint density at radius 1 is 1.56 bits per heavy atom. The molecule has 0 radical (unpaired) electrons. The first-order valence-electron chi connectivity index (χ1n) is 5.75. The van der Waals surface area contributed by atoms with Crippen LogP contribution in [0.4, 0.5) is 4.39 Å². The number of nitrogens with two attached hydrogens (primary N) is 1. The Hall–Kier alpha value is -2.09. The van der Waals surface area contributed by atoms with Crippen molar-refractivity contribution in [3.63, 3.8) is 0 Å². The van der Waals surface area contributed by atoms with Crippen molar-refractivity contribution in [2.45, 2.75) is 20.4 Å². The molecule has 18 heavy (non-hydrogen) atoms. The van der Waals surface area contributed by atoms with E-state index in [0.29, 0.717) is 17.0 Å². The molecule has 4 nitrogen and oxygen atoms in total. The van der Waals surface area contributed by atoms with Gasteiger partial charge in [-0.05, 0) is 24.1 Å². The van der Waals surface area contributed by atoms with Crippen molar-refractivity contribution in [2.75, 3.05) is 6.54 Å². The second-order valence-electron chi connectivity index (χ2n) is 4.39. The first-order chi connectivity index (χ1) is 8.52. The van der Waals surface area contributed by atoms with Gasteiger partial charge in [-0.1, -0.05) is 13.8 Å². The number of rotatable bonds is 4. The number of halogens is 1. The van der Waals surface area contributed by atoms with Crippen LogP contribution >= 0.6 is 0 Å². The normalized spacial score (nSPS) is 11.4. The molecule has 1 aromatic carbocycles. The summed E-state index contributed by atoms with van der Waals surface area (Å²) in [5, 5.41) is 11.7. The largest absolute Gasteiger partial charge is 0.370 e. The van der Waals surface area contributed by atoms with E-state index in [0.717, 1.165) is 6.54 Å². The fourth-order valence-electron chi connectivity index (χ4n) is 1.30. The zero-order valence-electron chi connectivity index (χ0n) is 10.6. The fourth-order valence-corrected chi connectivity index (χ4v) is 1.30. The number of nitrogens with one attached hydrogen (secondary N) is 1. The number of nitriles is 1. The van der Waals surface area contributed by atoms with Gasteiger partial charge in [0.1, 0.15) is 5.82 Å². The molecule has 0 aromatic heterocycles. The molecule has 0 heterocycles. The summed E-state index contributed by atoms with van der Waals surface area (Å²) in [6.45, 7) is 4.95. The number of benzene rings is 1. The average molecular weight is 248 g/mol. The van der Waals surface area contributed by atoms with Crippen molar-refractivity contribution in [1.82, 2.24) is 5.32 Å². The first-order valence-corrected chi connectivity index (χ1v) is 5.75. The van der Waals surface area contributed by atoms with E-state index in [2.05, 4.69) is 24.2 Å². The van der Waals surface area contributed by atoms with Gasteiger partial charge in [0.25, 0.3) is 0 Å². The molecule has 0 amide bonds. The summed E-state index contributed by atoms with van der Waals surface area (Å²) >= 11 is 0. The van der Waals surface area contributed by atoms with Gasteiger partial charge < -0.3 is 11.1 Å². The van der Waals surface area contributed by atoms with Crippen molar-refractivity contribution in [3.8, 4) is 6.07 Å². The molecule has 96 valence electrons. The second kappa shape index (κ2) is 6.60. The molecule has 0 aliphatic rings. The molecule has 0 saturated heterocycles. The van der Waals surface area contributed by atoms with Crippen LogP contribution in [-0.2, 0) is 6.54 Å². The second-order valence-corrected chi connectivity index (χ2v) is 4.39. The van der Waals surface area contributed by atoms with Crippen LogP contribution in [0.1, 0.15) is 25.0 Å². The minimum atomic E-state index is -0.380. The molecular formula is C13H17FN4. The van der Waals surface area contributed by atoms with Crippen LogP contribution in [0.15, 0.2) is 23.2 Å². The van der Waals surface area contributed by atoms with Gasteiger partial charge in [0, 0.05) is 12.1 Å². The molecule has 0 bridgehead atoms. The maximum Gasteiger partial charge on any atom is 0.188 e. The number of nitrogens with zero attached hydrogens (tertiary/aromatic N) is 2. The quantitative estimate of drug-likeness (QED) is 0.629. The Morgan fingerprint density at radius 2 is 2.28 bits per heavy atom. The lowest BCUT2D eigenvalue weighted by molar-refractivity contribution is 0.608. The number of hydrogen-bond acceptors (Lipinski definition) is 2. The van der Waals surface area contributed by atoms with Gasteiger partial charge in [0.15, 0.2) is 5.96 Å². The standard InChI is InChI=1S/C13H17FN4/c1-9(2)7-17-13(16)18-8-11-5-10(6-15)3-4-12(11)14/h3-5,9H,7-8H2,1-2H3,(H3,16,17,18). The maximum atomic E-state index is 13.4. The van der Waals surface area contributed by atoms with Crippen molar-refractivity contribution in [2.24, 2.45) is 16.6 Å². The Bertz CT molecular complexity index is 474. The molecule has 1 aromatic rings. The lowest BCUT2D eigenvalue weighted by Crippen LogP contribution is -2.34. The monoisotopic (exact) mass is 248 g/mol. The summed E-state index contributed by atoms with van der Waals surface area (Å²) in [6, 6.07) is 6.14. The van der Waals surface area contributed by atoms with E-state index in [1.54, 1.807) is 0 Å². The third-order valence-corrected chi connectivity index (χ3v) is 2.29. The van der Waals surface area contributed by atoms with E-state index in [1.165, 1.54) is 18.2 Å². The van der Waals surface area contributed by atoms with Crippen LogP contribution < -0.4 is 11.1 Å². The van der Waals surface area contributed by atoms with Crippen molar-refractivity contribution < 1.29 is 4.39 Å². The Kier molecular flexibility index (Phi) is 5.12. The van der Waals surface area contributed by atoms with Gasteiger partial charge in [0.2, 0.25) is 0 Å². The van der Waals surface area contributed by atoms with Crippen molar-refractivity contribution in [3.05, 3.63) is 35.1 Å². The topological polar surface area (TPSA) is 74.2 Å². The molecule has 0 atom stereocenters. The van der Waals surface area contributed by atoms with Crippen LogP contribution in [0, 0.1) is 23.1 Å². The highest BCUT2D eigenvalue weighted by molar-refractivity contribution is 5.77. The summed E-state index contributed by atoms with van der Waals surface area (Å²) in [7, 11) is 0. The molecule has 0 unspecified atom stereocenters. The zero-order chi connectivity index (χ0) is 13.5. The zero-order valence-corrected chi connectivity index (χ0v) is 10.6. The first kappa shape index (κ1) is 14.0. The molecule has 0 aliphatic heterocycles. The van der Waals surface area contributed by atoms with E-state index in [4.69, 9.17) is 11.0 Å². The van der Waals surface area contributed by atoms with Crippen LogP contribution in [0.3, 0.4) is 0 Å². The fraction of sp³-hybridized carbons (Fsp3) is 0.385. The molecule has 0 fully saturated rings. The van der Waals surface area contributed by atoms with E-state index < -0.39 is 0 Å². The van der Waals surface area contributed by atoms with Crippen LogP contribution in [0.5, 0.6) is 0 Å². The molecule has 0 aliphatic carbocycles. The lowest BCUT2D eigenvalue weighted by Gasteiger charge is -2.08. The summed E-state index contributed by atoms with van der Waals surface area (Å²) in [6.07, 6.45) is 0. The molecule has 0 spiro atoms. The summed E-state index contributed by atoms with van der Waals surface area (Å²) in [5.41, 5.74) is 6.42. The molecule has 3 N–H and O–H groups in total. The van der Waals surface area contributed by atoms with Gasteiger partial charge in [-0.25, -0.2) is 9.38 Å². The Morgan fingerprint density at radius 3 is 2.89 bits per heavy atom. The highest BCUT2D eigenvalue weighted by Gasteiger charge is 2.03. The average Bonchev–Trinajstić information content (AvgIpc) is 2.35. The predicted octanol–water partition coefficient (Wildman–Crippen LogP) is 1.76. The molecule has 1 rings (SSSR count). The molecule has 0 saturated carbocycles. The van der Waals surface area contributed by atoms with E-state index >= 15 is 0 Å². The number of hydrogen-bond donors (Lipinski definition) is 2. The van der Waals surface area contributed by atoms with E-state index in [1.807, 2.05) is 6.07 Å². The molecular weight excluding hydrogens is 231 g/mol. The van der Waals surface area contributed by atoms with Crippen LogP contribution in [-0.4, -0.2) is 12.5 Å². The maximum absolute atomic E-state index is 13.4. The minimum Gasteiger partial charge on any atom is -0.370 e. The van der Waals surface area contributed by atoms with Gasteiger partial charge >= 0.3 is 0 Å². The Labute approximate surface area is 106 Å². The van der Waals surface area contributed by atoms with E-state index in [9.17, 15) is 4.39 Å². The van der Waals surface area contributed by atoms with Crippen LogP contribution in [0.25, 0.3) is 0 Å². The Balaban J connectivity index is 2.67. The minimum absolute atomic E-state index is 0.123. The smallest absolute Gasteiger partial charge is 0.188 e. The number of aliphatic imine (C=N–C) groups is 1. The highest BCUT2D eigenvalue weighted by atomic mass is 19.1. The lowest BCUT2D eigenvalue weighted by atomic mass is 10.1. The predicted molar refractivity (Wildman–Crippen MR) is 69.3 cm³/mol.